The fourth-order valence-corrected chi connectivity index (χ4v) is 9.02. The molecule has 0 radical (unpaired) electrons. The Morgan fingerprint density at radius 1 is 0.279 bits per heavy atom. The van der Waals surface area contributed by atoms with Gasteiger partial charge in [-0.25, -0.2) is 15.0 Å². The van der Waals surface area contributed by atoms with Gasteiger partial charge in [0.05, 0.1) is 0 Å². The van der Waals surface area contributed by atoms with Gasteiger partial charge in [0, 0.05) is 39.2 Å². The summed E-state index contributed by atoms with van der Waals surface area (Å²) in [7, 11) is 0. The minimum Gasteiger partial charge on any atom is -0.311 e. The van der Waals surface area contributed by atoms with Crippen LogP contribution in [0.3, 0.4) is 0 Å². The zero-order chi connectivity index (χ0) is 40.9. The van der Waals surface area contributed by atoms with E-state index in [-0.39, 0.29) is 5.41 Å². The molecule has 4 nitrogen and oxygen atoms in total. The van der Waals surface area contributed by atoms with E-state index in [0.29, 0.717) is 17.5 Å². The summed E-state index contributed by atoms with van der Waals surface area (Å²) >= 11 is 0. The molecule has 0 bridgehead atoms. The maximum absolute atomic E-state index is 5.01. The van der Waals surface area contributed by atoms with Gasteiger partial charge in [0.25, 0.3) is 0 Å². The summed E-state index contributed by atoms with van der Waals surface area (Å²) in [5, 5.41) is 0. The highest BCUT2D eigenvalue weighted by molar-refractivity contribution is 5.80. The molecule has 0 atom stereocenters. The number of hydrogen-bond donors (Lipinski definition) is 0. The summed E-state index contributed by atoms with van der Waals surface area (Å²) < 4.78 is 0. The number of benzene rings is 8. The molecule has 10 rings (SSSR count). The Labute approximate surface area is 358 Å². The lowest BCUT2D eigenvalue weighted by atomic mass is 9.65. The first kappa shape index (κ1) is 37.8. The lowest BCUT2D eigenvalue weighted by Crippen LogP contribution is -2.30. The Bertz CT molecular complexity index is 2680. The Morgan fingerprint density at radius 3 is 0.934 bits per heavy atom. The van der Waals surface area contributed by atoms with Gasteiger partial charge >= 0.3 is 0 Å². The van der Waals surface area contributed by atoms with Crippen molar-refractivity contribution >= 4 is 17.1 Å². The minimum atomic E-state index is -0.0850. The van der Waals surface area contributed by atoms with Crippen LogP contribution in [0.15, 0.2) is 218 Å². The minimum absolute atomic E-state index is 0.0850. The zero-order valence-corrected chi connectivity index (χ0v) is 34.1. The summed E-state index contributed by atoms with van der Waals surface area (Å²) in [5.74, 6) is 2.02. The van der Waals surface area contributed by atoms with Gasteiger partial charge in [-0.3, -0.25) is 0 Å². The molecule has 0 amide bonds. The first-order valence-corrected chi connectivity index (χ1v) is 21.4. The highest BCUT2D eigenvalue weighted by atomic mass is 15.1. The van der Waals surface area contributed by atoms with Crippen molar-refractivity contribution in [2.45, 2.75) is 37.5 Å². The number of rotatable bonds is 10. The van der Waals surface area contributed by atoms with Gasteiger partial charge in [0.2, 0.25) is 0 Å². The van der Waals surface area contributed by atoms with Crippen LogP contribution in [0.2, 0.25) is 0 Å². The second kappa shape index (κ2) is 17.0. The largest absolute Gasteiger partial charge is 0.311 e. The van der Waals surface area contributed by atoms with Gasteiger partial charge in [0.1, 0.15) is 0 Å². The van der Waals surface area contributed by atoms with E-state index in [9.17, 15) is 0 Å². The van der Waals surface area contributed by atoms with Gasteiger partial charge in [-0.1, -0.05) is 201 Å². The van der Waals surface area contributed by atoms with Crippen molar-refractivity contribution in [3.05, 3.63) is 230 Å². The van der Waals surface area contributed by atoms with Gasteiger partial charge in [0.15, 0.2) is 17.5 Å². The summed E-state index contributed by atoms with van der Waals surface area (Å²) in [6.45, 7) is 0. The fraction of sp³-hybridized carbons (Fsp3) is 0.105. The van der Waals surface area contributed by atoms with E-state index in [2.05, 4.69) is 187 Å². The maximum Gasteiger partial charge on any atom is 0.164 e. The van der Waals surface area contributed by atoms with Crippen molar-refractivity contribution in [1.29, 1.82) is 0 Å². The second-order valence-corrected chi connectivity index (χ2v) is 16.0. The first-order valence-electron chi connectivity index (χ1n) is 21.4. The smallest absolute Gasteiger partial charge is 0.164 e. The molecule has 4 heteroatoms. The van der Waals surface area contributed by atoms with Crippen molar-refractivity contribution in [2.75, 3.05) is 4.90 Å². The summed E-state index contributed by atoms with van der Waals surface area (Å²) in [6.07, 6.45) is 5.88. The molecule has 1 saturated carbocycles. The van der Waals surface area contributed by atoms with Crippen LogP contribution in [-0.4, -0.2) is 15.0 Å². The molecule has 1 aliphatic carbocycles. The van der Waals surface area contributed by atoms with E-state index in [0.717, 1.165) is 46.6 Å². The Hall–Kier alpha value is -7.43. The molecule has 1 aromatic heterocycles. The van der Waals surface area contributed by atoms with Crippen LogP contribution in [0.4, 0.5) is 17.1 Å². The highest BCUT2D eigenvalue weighted by Crippen LogP contribution is 2.46. The molecule has 0 saturated heterocycles. The lowest BCUT2D eigenvalue weighted by Gasteiger charge is -2.39. The fourth-order valence-electron chi connectivity index (χ4n) is 9.02. The molecular formula is C57H46N4. The molecule has 1 aliphatic rings. The molecule has 9 aromatic rings. The quantitative estimate of drug-likeness (QED) is 0.138. The first-order chi connectivity index (χ1) is 30.2. The standard InChI is InChI=1S/C57H46N4/c1-6-16-42(17-7-1)44-26-34-51(35-27-44)61(52-36-28-45(29-37-52)43-18-8-2-9-19-43)53-38-32-50(33-39-53)57(40-14-5-15-41-57)49-30-24-48(25-31-49)56-59-54(46-20-10-3-11-21-46)58-55(60-56)47-22-12-4-13-23-47/h1-4,6-13,16-39H,5,14-15,40-41H2. The van der Waals surface area contributed by atoms with Crippen LogP contribution in [0.25, 0.3) is 56.4 Å². The predicted octanol–water partition coefficient (Wildman–Crippen LogP) is 14.9. The summed E-state index contributed by atoms with van der Waals surface area (Å²) in [5.41, 5.74) is 13.7. The number of aromatic nitrogens is 3. The average molecular weight is 787 g/mol. The van der Waals surface area contributed by atoms with Gasteiger partial charge in [-0.05, 0) is 82.6 Å². The van der Waals surface area contributed by atoms with E-state index in [1.807, 2.05) is 36.4 Å². The summed E-state index contributed by atoms with van der Waals surface area (Å²) in [6, 6.07) is 77.8. The van der Waals surface area contributed by atoms with E-state index in [1.54, 1.807) is 0 Å². The van der Waals surface area contributed by atoms with Crippen molar-refractivity contribution < 1.29 is 0 Å². The van der Waals surface area contributed by atoms with Gasteiger partial charge < -0.3 is 4.90 Å². The van der Waals surface area contributed by atoms with Crippen LogP contribution in [0.1, 0.15) is 43.2 Å². The van der Waals surface area contributed by atoms with E-state index < -0.39 is 0 Å². The monoisotopic (exact) mass is 786 g/mol. The number of anilines is 3. The maximum atomic E-state index is 5.01. The SMILES string of the molecule is c1ccc(-c2ccc(N(c3ccc(-c4ccccc4)cc3)c3ccc(C4(c5ccc(-c6nc(-c7ccccc7)nc(-c7ccccc7)n6)cc5)CCCCC4)cc3)cc2)cc1. The molecule has 0 spiro atoms. The third-order valence-corrected chi connectivity index (χ3v) is 12.2. The molecular weight excluding hydrogens is 741 g/mol. The van der Waals surface area contributed by atoms with Crippen LogP contribution in [-0.2, 0) is 5.41 Å². The second-order valence-electron chi connectivity index (χ2n) is 16.0. The van der Waals surface area contributed by atoms with Crippen molar-refractivity contribution in [2.24, 2.45) is 0 Å². The molecule has 8 aromatic carbocycles. The van der Waals surface area contributed by atoms with Gasteiger partial charge in [-0.15, -0.1) is 0 Å². The van der Waals surface area contributed by atoms with E-state index >= 15 is 0 Å². The molecule has 61 heavy (non-hydrogen) atoms. The van der Waals surface area contributed by atoms with Crippen LogP contribution in [0, 0.1) is 0 Å². The zero-order valence-electron chi connectivity index (χ0n) is 34.1. The Morgan fingerprint density at radius 2 is 0.557 bits per heavy atom. The molecule has 0 aliphatic heterocycles. The van der Waals surface area contributed by atoms with Crippen molar-refractivity contribution in [3.63, 3.8) is 0 Å². The van der Waals surface area contributed by atoms with E-state index in [4.69, 9.17) is 15.0 Å². The molecule has 1 heterocycles. The molecule has 1 fully saturated rings. The Kier molecular flexibility index (Phi) is 10.6. The van der Waals surface area contributed by atoms with Gasteiger partial charge in [-0.2, -0.15) is 0 Å². The topological polar surface area (TPSA) is 41.9 Å². The average Bonchev–Trinajstić information content (AvgIpc) is 3.36. The molecule has 0 N–H and O–H groups in total. The highest BCUT2D eigenvalue weighted by Gasteiger charge is 2.36. The predicted molar refractivity (Wildman–Crippen MR) is 252 cm³/mol. The van der Waals surface area contributed by atoms with Crippen LogP contribution >= 0.6 is 0 Å². The van der Waals surface area contributed by atoms with Crippen molar-refractivity contribution in [1.82, 2.24) is 15.0 Å². The summed E-state index contributed by atoms with van der Waals surface area (Å²) in [4.78, 5) is 17.3. The lowest BCUT2D eigenvalue weighted by molar-refractivity contribution is 0.346. The molecule has 0 unspecified atom stereocenters. The normalized spacial score (nSPS) is 13.4. The number of nitrogens with zero attached hydrogens (tertiary/aromatic N) is 4. The number of hydrogen-bond acceptors (Lipinski definition) is 4. The van der Waals surface area contributed by atoms with Crippen LogP contribution in [0.5, 0.6) is 0 Å². The van der Waals surface area contributed by atoms with Crippen molar-refractivity contribution in [3.8, 4) is 56.4 Å². The van der Waals surface area contributed by atoms with E-state index in [1.165, 1.54) is 52.6 Å². The third-order valence-electron chi connectivity index (χ3n) is 12.2. The third kappa shape index (κ3) is 7.89. The Balaban J connectivity index is 0.996. The molecule has 294 valence electrons. The van der Waals surface area contributed by atoms with Crippen LogP contribution < -0.4 is 4.90 Å².